The van der Waals surface area contributed by atoms with Crippen molar-refractivity contribution < 1.29 is 9.21 Å². The minimum absolute atomic E-state index is 0.150. The standard InChI is InChI=1S/C15H20O2/c1-9-8-17-14-6-12-13(16)5-4-10(2)15(12,3)7-11(9)14/h8,10,12H,4-7H2,1-3H3/t10-,12-,15+/m0/s1. The second-order valence-electron chi connectivity index (χ2n) is 6.17. The minimum atomic E-state index is 0.150. The molecule has 0 N–H and O–H groups in total. The number of rotatable bonds is 0. The first-order valence-corrected chi connectivity index (χ1v) is 6.61. The molecule has 1 aromatic rings. The molecule has 0 unspecified atom stereocenters. The number of aryl methyl sites for hydroxylation is 1. The number of furan rings is 1. The smallest absolute Gasteiger partial charge is 0.137 e. The third kappa shape index (κ3) is 1.42. The predicted octanol–water partition coefficient (Wildman–Crippen LogP) is 3.31. The Balaban J connectivity index is 2.07. The van der Waals surface area contributed by atoms with E-state index in [1.807, 2.05) is 6.26 Å². The number of carbonyl (C=O) groups is 1. The van der Waals surface area contributed by atoms with E-state index < -0.39 is 0 Å². The lowest BCUT2D eigenvalue weighted by atomic mass is 9.55. The molecule has 2 heteroatoms. The second kappa shape index (κ2) is 3.47. The first-order valence-electron chi connectivity index (χ1n) is 6.61. The Morgan fingerprint density at radius 3 is 3.00 bits per heavy atom. The van der Waals surface area contributed by atoms with Crippen molar-refractivity contribution in [2.45, 2.75) is 46.5 Å². The van der Waals surface area contributed by atoms with E-state index in [9.17, 15) is 4.79 Å². The van der Waals surface area contributed by atoms with Crippen LogP contribution in [0.5, 0.6) is 0 Å². The van der Waals surface area contributed by atoms with E-state index in [0.717, 1.165) is 31.4 Å². The molecule has 1 heterocycles. The van der Waals surface area contributed by atoms with Crippen molar-refractivity contribution in [1.82, 2.24) is 0 Å². The molecule has 1 fully saturated rings. The fourth-order valence-electron chi connectivity index (χ4n) is 3.72. The Hall–Kier alpha value is -1.05. The molecule has 3 rings (SSSR count). The van der Waals surface area contributed by atoms with Gasteiger partial charge in [-0.25, -0.2) is 0 Å². The molecule has 1 saturated carbocycles. The average molecular weight is 232 g/mol. The first-order chi connectivity index (χ1) is 8.02. The highest BCUT2D eigenvalue weighted by Gasteiger charge is 2.49. The molecule has 0 bridgehead atoms. The third-order valence-corrected chi connectivity index (χ3v) is 5.27. The van der Waals surface area contributed by atoms with Crippen molar-refractivity contribution >= 4 is 5.78 Å². The summed E-state index contributed by atoms with van der Waals surface area (Å²) in [7, 11) is 0. The normalized spacial score (nSPS) is 36.5. The molecule has 0 radical (unpaired) electrons. The Morgan fingerprint density at radius 1 is 1.47 bits per heavy atom. The zero-order valence-corrected chi connectivity index (χ0v) is 10.9. The Bertz CT molecular complexity index is 471. The Morgan fingerprint density at radius 2 is 2.24 bits per heavy atom. The molecule has 2 aliphatic carbocycles. The zero-order valence-electron chi connectivity index (χ0n) is 10.9. The van der Waals surface area contributed by atoms with Gasteiger partial charge in [-0.05, 0) is 42.2 Å². The van der Waals surface area contributed by atoms with Gasteiger partial charge in [-0.1, -0.05) is 13.8 Å². The lowest BCUT2D eigenvalue weighted by Crippen LogP contribution is -2.47. The van der Waals surface area contributed by atoms with Crippen molar-refractivity contribution in [3.05, 3.63) is 23.2 Å². The molecule has 0 spiro atoms. The van der Waals surface area contributed by atoms with E-state index in [0.29, 0.717) is 11.7 Å². The molecule has 0 amide bonds. The van der Waals surface area contributed by atoms with Crippen LogP contribution in [0.25, 0.3) is 0 Å². The van der Waals surface area contributed by atoms with Gasteiger partial charge in [0.1, 0.15) is 11.5 Å². The van der Waals surface area contributed by atoms with Gasteiger partial charge in [0.2, 0.25) is 0 Å². The van der Waals surface area contributed by atoms with Gasteiger partial charge in [-0.2, -0.15) is 0 Å². The monoisotopic (exact) mass is 232 g/mol. The summed E-state index contributed by atoms with van der Waals surface area (Å²) in [5, 5.41) is 0. The van der Waals surface area contributed by atoms with Crippen LogP contribution >= 0.6 is 0 Å². The largest absolute Gasteiger partial charge is 0.469 e. The van der Waals surface area contributed by atoms with Crippen molar-refractivity contribution in [2.75, 3.05) is 0 Å². The summed E-state index contributed by atoms with van der Waals surface area (Å²) in [5.74, 6) is 2.33. The maximum absolute atomic E-state index is 12.2. The summed E-state index contributed by atoms with van der Waals surface area (Å²) in [4.78, 5) is 12.2. The van der Waals surface area contributed by atoms with E-state index in [1.165, 1.54) is 11.1 Å². The van der Waals surface area contributed by atoms with Gasteiger partial charge < -0.3 is 4.42 Å². The molecular formula is C15H20O2. The predicted molar refractivity (Wildman–Crippen MR) is 65.9 cm³/mol. The van der Waals surface area contributed by atoms with Gasteiger partial charge in [0.05, 0.1) is 6.26 Å². The fraction of sp³-hybridized carbons (Fsp3) is 0.667. The zero-order chi connectivity index (χ0) is 12.2. The topological polar surface area (TPSA) is 30.2 Å². The number of fused-ring (bicyclic) bond motifs is 2. The molecular weight excluding hydrogens is 212 g/mol. The van der Waals surface area contributed by atoms with Crippen LogP contribution in [-0.2, 0) is 17.6 Å². The highest BCUT2D eigenvalue weighted by atomic mass is 16.3. The number of hydrogen-bond acceptors (Lipinski definition) is 2. The van der Waals surface area contributed by atoms with Gasteiger partial charge in [0.25, 0.3) is 0 Å². The quantitative estimate of drug-likeness (QED) is 0.687. The summed E-state index contributed by atoms with van der Waals surface area (Å²) >= 11 is 0. The van der Waals surface area contributed by atoms with Crippen molar-refractivity contribution in [3.63, 3.8) is 0 Å². The summed E-state index contributed by atoms with van der Waals surface area (Å²) in [5.41, 5.74) is 2.77. The maximum Gasteiger partial charge on any atom is 0.137 e. The summed E-state index contributed by atoms with van der Waals surface area (Å²) in [6, 6.07) is 0. The third-order valence-electron chi connectivity index (χ3n) is 5.27. The Kier molecular flexibility index (Phi) is 2.26. The van der Waals surface area contributed by atoms with E-state index in [4.69, 9.17) is 4.42 Å². The first kappa shape index (κ1) is 11.1. The van der Waals surface area contributed by atoms with Gasteiger partial charge in [0, 0.05) is 18.8 Å². The van der Waals surface area contributed by atoms with E-state index in [-0.39, 0.29) is 11.3 Å². The van der Waals surface area contributed by atoms with Gasteiger partial charge in [-0.3, -0.25) is 4.79 Å². The van der Waals surface area contributed by atoms with Crippen LogP contribution in [0, 0.1) is 24.2 Å². The van der Waals surface area contributed by atoms with Crippen LogP contribution in [0.3, 0.4) is 0 Å². The average Bonchev–Trinajstić information content (AvgIpc) is 2.64. The molecule has 92 valence electrons. The number of hydrogen-bond donors (Lipinski definition) is 0. The molecule has 0 aliphatic heterocycles. The molecule has 2 nitrogen and oxygen atoms in total. The van der Waals surface area contributed by atoms with Crippen LogP contribution in [0.15, 0.2) is 10.7 Å². The number of Topliss-reactive ketones (excluding diaryl/α,β-unsaturated/α-hetero) is 1. The van der Waals surface area contributed by atoms with Crippen molar-refractivity contribution in [1.29, 1.82) is 0 Å². The van der Waals surface area contributed by atoms with Gasteiger partial charge in [0.15, 0.2) is 0 Å². The Labute approximate surface area is 102 Å². The molecule has 17 heavy (non-hydrogen) atoms. The molecule has 0 aromatic carbocycles. The van der Waals surface area contributed by atoms with Crippen molar-refractivity contribution in [3.8, 4) is 0 Å². The van der Waals surface area contributed by atoms with Crippen LogP contribution in [0.1, 0.15) is 43.6 Å². The lowest BCUT2D eigenvalue weighted by molar-refractivity contribution is -0.133. The number of ketones is 1. The second-order valence-corrected chi connectivity index (χ2v) is 6.17. The molecule has 1 aromatic heterocycles. The summed E-state index contributed by atoms with van der Waals surface area (Å²) in [6.07, 6.45) is 5.50. The van der Waals surface area contributed by atoms with Crippen LogP contribution in [-0.4, -0.2) is 5.78 Å². The van der Waals surface area contributed by atoms with Crippen LogP contribution in [0.4, 0.5) is 0 Å². The van der Waals surface area contributed by atoms with Crippen LogP contribution in [0.2, 0.25) is 0 Å². The highest BCUT2D eigenvalue weighted by Crippen LogP contribution is 2.51. The molecule has 2 aliphatic rings. The summed E-state index contributed by atoms with van der Waals surface area (Å²) < 4.78 is 5.61. The van der Waals surface area contributed by atoms with Crippen molar-refractivity contribution in [2.24, 2.45) is 17.3 Å². The van der Waals surface area contributed by atoms with E-state index in [1.54, 1.807) is 0 Å². The fourth-order valence-corrected chi connectivity index (χ4v) is 3.72. The van der Waals surface area contributed by atoms with Crippen LogP contribution < -0.4 is 0 Å². The van der Waals surface area contributed by atoms with E-state index >= 15 is 0 Å². The van der Waals surface area contributed by atoms with Gasteiger partial charge >= 0.3 is 0 Å². The van der Waals surface area contributed by atoms with E-state index in [2.05, 4.69) is 20.8 Å². The minimum Gasteiger partial charge on any atom is -0.469 e. The molecule has 0 saturated heterocycles. The van der Waals surface area contributed by atoms with Gasteiger partial charge in [-0.15, -0.1) is 0 Å². The lowest BCUT2D eigenvalue weighted by Gasteiger charge is -2.47. The number of carbonyl (C=O) groups excluding carboxylic acids is 1. The highest BCUT2D eigenvalue weighted by molar-refractivity contribution is 5.83. The summed E-state index contributed by atoms with van der Waals surface area (Å²) in [6.45, 7) is 6.72. The SMILES string of the molecule is Cc1coc2c1C[C@]1(C)[C@@H](C)CCC(=O)[C@@H]1C2. The maximum atomic E-state index is 12.2. The molecule has 3 atom stereocenters.